The van der Waals surface area contributed by atoms with Crippen LogP contribution in [0.2, 0.25) is 0 Å². The minimum Gasteiger partial charge on any atom is -0.379 e. The van der Waals surface area contributed by atoms with Crippen molar-refractivity contribution >= 4 is 17.7 Å². The molecule has 0 saturated carbocycles. The van der Waals surface area contributed by atoms with E-state index in [1.807, 2.05) is 57.4 Å². The summed E-state index contributed by atoms with van der Waals surface area (Å²) in [5, 5.41) is 0. The van der Waals surface area contributed by atoms with Crippen molar-refractivity contribution in [3.05, 3.63) is 65.5 Å². The third kappa shape index (κ3) is 6.01. The average Bonchev–Trinajstić information content (AvgIpc) is 3.16. The highest BCUT2D eigenvalue weighted by molar-refractivity contribution is 6.16. The van der Waals surface area contributed by atoms with Crippen molar-refractivity contribution in [1.82, 2.24) is 0 Å². The fraction of sp³-hybridized carbons (Fsp3) is 0.360. The number of ether oxygens (including phenoxy) is 1. The number of aliphatic imine (C=N–C) groups is 2. The van der Waals surface area contributed by atoms with Crippen LogP contribution >= 0.6 is 0 Å². The van der Waals surface area contributed by atoms with Crippen LogP contribution in [0.25, 0.3) is 0 Å². The van der Waals surface area contributed by atoms with Gasteiger partial charge in [0.1, 0.15) is 5.82 Å². The van der Waals surface area contributed by atoms with Gasteiger partial charge in [-0.15, -0.1) is 12.8 Å². The van der Waals surface area contributed by atoms with Gasteiger partial charge in [0.15, 0.2) is 0 Å². The van der Waals surface area contributed by atoms with Crippen LogP contribution in [0.15, 0.2) is 58.5 Å². The lowest BCUT2D eigenvalue weighted by molar-refractivity contribution is 0.131. The van der Waals surface area contributed by atoms with Crippen molar-refractivity contribution in [1.29, 1.82) is 0 Å². The van der Waals surface area contributed by atoms with Crippen LogP contribution in [0.5, 0.6) is 0 Å². The second kappa shape index (κ2) is 13.3. The Hall–Kier alpha value is -2.97. The third-order valence-electron chi connectivity index (χ3n) is 4.63. The van der Waals surface area contributed by atoms with Crippen LogP contribution in [0.4, 0.5) is 10.1 Å². The van der Waals surface area contributed by atoms with Crippen molar-refractivity contribution in [3.8, 4) is 12.8 Å². The summed E-state index contributed by atoms with van der Waals surface area (Å²) in [6, 6.07) is 14.8. The van der Waals surface area contributed by atoms with E-state index in [-0.39, 0.29) is 17.9 Å². The molecular weight excluding hydrogens is 377 g/mol. The standard InChI is InChI=1S/C21H24FN3O.C2H6.C2H2/c1-4-26-13-19-15(2)25(14-24-19)20-11-10-17(22)12-18(20)21(23-3)16-8-6-5-7-9-16;2*1-2/h5-12,14-15,19H,4,13H2,1-3H3;1-2H3;1-2H. The van der Waals surface area contributed by atoms with Gasteiger partial charge >= 0.3 is 0 Å². The molecule has 2 unspecified atom stereocenters. The van der Waals surface area contributed by atoms with Gasteiger partial charge in [-0.05, 0) is 32.0 Å². The highest BCUT2D eigenvalue weighted by atomic mass is 19.1. The van der Waals surface area contributed by atoms with E-state index >= 15 is 0 Å². The molecule has 2 aromatic rings. The highest BCUT2D eigenvalue weighted by Crippen LogP contribution is 2.29. The molecule has 0 spiro atoms. The molecule has 2 aromatic carbocycles. The average molecular weight is 410 g/mol. The van der Waals surface area contributed by atoms with E-state index in [1.165, 1.54) is 6.07 Å². The van der Waals surface area contributed by atoms with Gasteiger partial charge in [0.2, 0.25) is 0 Å². The lowest BCUT2D eigenvalue weighted by Gasteiger charge is -2.27. The smallest absolute Gasteiger partial charge is 0.124 e. The summed E-state index contributed by atoms with van der Waals surface area (Å²) in [5.74, 6) is -0.282. The number of benzene rings is 2. The topological polar surface area (TPSA) is 37.2 Å². The van der Waals surface area contributed by atoms with Gasteiger partial charge in [-0.1, -0.05) is 44.2 Å². The predicted molar refractivity (Wildman–Crippen MR) is 126 cm³/mol. The Morgan fingerprint density at radius 1 is 1.17 bits per heavy atom. The number of hydrogen-bond acceptors (Lipinski definition) is 4. The van der Waals surface area contributed by atoms with Gasteiger partial charge < -0.3 is 9.64 Å². The predicted octanol–water partition coefficient (Wildman–Crippen LogP) is 5.21. The van der Waals surface area contributed by atoms with E-state index in [4.69, 9.17) is 4.74 Å². The molecule has 160 valence electrons. The van der Waals surface area contributed by atoms with Gasteiger partial charge in [-0.25, -0.2) is 4.39 Å². The number of rotatable bonds is 6. The number of terminal acetylenes is 1. The quantitative estimate of drug-likeness (QED) is 0.485. The summed E-state index contributed by atoms with van der Waals surface area (Å²) in [6.07, 6.45) is 9.82. The maximum atomic E-state index is 14.1. The van der Waals surface area contributed by atoms with Gasteiger partial charge in [0, 0.05) is 24.8 Å². The number of nitrogens with zero attached hydrogens (tertiary/aromatic N) is 3. The molecule has 1 aliphatic rings. The molecule has 5 heteroatoms. The second-order valence-corrected chi connectivity index (χ2v) is 6.24. The first-order valence-electron chi connectivity index (χ1n) is 10.2. The van der Waals surface area contributed by atoms with Crippen LogP contribution in [0, 0.1) is 18.7 Å². The molecule has 30 heavy (non-hydrogen) atoms. The van der Waals surface area contributed by atoms with Crippen molar-refractivity contribution in [2.24, 2.45) is 9.98 Å². The minimum absolute atomic E-state index is 0.0617. The summed E-state index contributed by atoms with van der Waals surface area (Å²) in [6.45, 7) is 9.33. The number of anilines is 1. The van der Waals surface area contributed by atoms with E-state index < -0.39 is 0 Å². The SMILES string of the molecule is C#C.CC.CCOCC1N=CN(c2ccc(F)cc2C(=NC)c2ccccc2)C1C. The van der Waals surface area contributed by atoms with Crippen LogP contribution in [-0.4, -0.2) is 44.4 Å². The highest BCUT2D eigenvalue weighted by Gasteiger charge is 2.30. The van der Waals surface area contributed by atoms with Crippen molar-refractivity contribution in [2.75, 3.05) is 25.2 Å². The van der Waals surface area contributed by atoms with E-state index in [0.29, 0.717) is 13.2 Å². The Bertz CT molecular complexity index is 846. The van der Waals surface area contributed by atoms with E-state index in [9.17, 15) is 4.39 Å². The van der Waals surface area contributed by atoms with Crippen molar-refractivity contribution in [2.45, 2.75) is 39.8 Å². The molecule has 4 nitrogen and oxygen atoms in total. The first-order valence-corrected chi connectivity index (χ1v) is 10.2. The molecule has 0 saturated heterocycles. The van der Waals surface area contributed by atoms with Crippen molar-refractivity contribution in [3.63, 3.8) is 0 Å². The minimum atomic E-state index is -0.282. The molecule has 1 aliphatic heterocycles. The molecule has 0 fully saturated rings. The maximum absolute atomic E-state index is 14.1. The molecule has 0 amide bonds. The lowest BCUT2D eigenvalue weighted by Crippen LogP contribution is -2.36. The van der Waals surface area contributed by atoms with Crippen LogP contribution in [-0.2, 0) is 4.74 Å². The fourth-order valence-electron chi connectivity index (χ4n) is 3.20. The first kappa shape index (κ1) is 25.1. The van der Waals surface area contributed by atoms with Crippen LogP contribution < -0.4 is 4.90 Å². The molecule has 0 radical (unpaired) electrons. The Balaban J connectivity index is 0.00000106. The van der Waals surface area contributed by atoms with E-state index in [0.717, 1.165) is 22.5 Å². The Labute approximate surface area is 180 Å². The second-order valence-electron chi connectivity index (χ2n) is 6.24. The van der Waals surface area contributed by atoms with Crippen LogP contribution in [0.3, 0.4) is 0 Å². The van der Waals surface area contributed by atoms with Gasteiger partial charge in [0.05, 0.1) is 36.4 Å². The zero-order chi connectivity index (χ0) is 22.5. The molecule has 0 aromatic heterocycles. The molecule has 1 heterocycles. The van der Waals surface area contributed by atoms with Gasteiger partial charge in [-0.2, -0.15) is 0 Å². The third-order valence-corrected chi connectivity index (χ3v) is 4.63. The van der Waals surface area contributed by atoms with Gasteiger partial charge in [0.25, 0.3) is 0 Å². The van der Waals surface area contributed by atoms with Gasteiger partial charge in [-0.3, -0.25) is 9.98 Å². The zero-order valence-corrected chi connectivity index (χ0v) is 18.5. The monoisotopic (exact) mass is 409 g/mol. The maximum Gasteiger partial charge on any atom is 0.124 e. The zero-order valence-electron chi connectivity index (χ0n) is 18.5. The molecule has 0 N–H and O–H groups in total. The largest absolute Gasteiger partial charge is 0.379 e. The fourth-order valence-corrected chi connectivity index (χ4v) is 3.20. The van der Waals surface area contributed by atoms with Crippen LogP contribution in [0.1, 0.15) is 38.8 Å². The summed E-state index contributed by atoms with van der Waals surface area (Å²) in [4.78, 5) is 11.1. The summed E-state index contributed by atoms with van der Waals surface area (Å²) in [5.41, 5.74) is 3.37. The molecule has 0 aliphatic carbocycles. The normalized spacial score (nSPS) is 17.6. The molecule has 2 atom stereocenters. The Morgan fingerprint density at radius 2 is 1.83 bits per heavy atom. The van der Waals surface area contributed by atoms with E-state index in [1.54, 1.807) is 19.2 Å². The Kier molecular flexibility index (Phi) is 11.1. The number of halogens is 1. The molecular formula is C25H32FN3O. The molecule has 0 bridgehead atoms. The molecule has 3 rings (SSSR count). The number of hydrogen-bond donors (Lipinski definition) is 0. The summed E-state index contributed by atoms with van der Waals surface area (Å²) >= 11 is 0. The summed E-state index contributed by atoms with van der Waals surface area (Å²) in [7, 11) is 1.73. The summed E-state index contributed by atoms with van der Waals surface area (Å²) < 4.78 is 19.6. The van der Waals surface area contributed by atoms with Crippen molar-refractivity contribution < 1.29 is 9.13 Å². The van der Waals surface area contributed by atoms with E-state index in [2.05, 4.69) is 34.7 Å². The Morgan fingerprint density at radius 3 is 2.43 bits per heavy atom. The lowest BCUT2D eigenvalue weighted by atomic mass is 9.99. The first-order chi connectivity index (χ1) is 14.7.